The van der Waals surface area contributed by atoms with Crippen molar-refractivity contribution in [3.05, 3.63) is 40.9 Å². The number of nitrogens with zero attached hydrogens (tertiary/aromatic N) is 3. The molecule has 1 fully saturated rings. The molecule has 20 heavy (non-hydrogen) atoms. The first-order valence-corrected chi connectivity index (χ1v) is 6.36. The molecule has 3 rings (SSSR count). The molecule has 0 amide bonds. The van der Waals surface area contributed by atoms with Gasteiger partial charge in [-0.1, -0.05) is 0 Å². The second-order valence-electron chi connectivity index (χ2n) is 4.65. The third kappa shape index (κ3) is 2.91. The molecule has 3 N–H and O–H groups in total. The van der Waals surface area contributed by atoms with Crippen LogP contribution in [0.5, 0.6) is 0 Å². The maximum Gasteiger partial charge on any atom is 0.337 e. The number of nitrogens with one attached hydrogen (secondary N) is 1. The maximum atomic E-state index is 11.4. The molecule has 2 aromatic rings. The Morgan fingerprint density at radius 3 is 2.50 bits per heavy atom. The van der Waals surface area contributed by atoms with E-state index >= 15 is 0 Å². The molecule has 3 heterocycles. The third-order valence-electron chi connectivity index (χ3n) is 3.29. The van der Waals surface area contributed by atoms with Crippen molar-refractivity contribution in [1.29, 1.82) is 0 Å². The smallest absolute Gasteiger partial charge is 0.337 e. The number of halogens is 1. The minimum absolute atomic E-state index is 0. The molecule has 0 saturated carbocycles. The van der Waals surface area contributed by atoms with E-state index in [0.717, 1.165) is 13.1 Å². The Hall–Kier alpha value is -2.08. The van der Waals surface area contributed by atoms with Crippen molar-refractivity contribution in [2.75, 3.05) is 23.7 Å². The Kier molecular flexibility index (Phi) is 4.24. The van der Waals surface area contributed by atoms with E-state index < -0.39 is 0 Å². The molecule has 0 atom stereocenters. The molecular formula is C13H16ClN5O. The standard InChI is InChI=1S/C13H15N5O.ClH/c14-13-15-11(9-12(19)16-13)18-7-3-10(4-8-18)17-5-1-2-6-17;/h3-4,7-9H,1-2,5-6H2,(H2-,14,15,16,19);1H. The number of anilines is 2. The summed E-state index contributed by atoms with van der Waals surface area (Å²) in [4.78, 5) is 20.2. The van der Waals surface area contributed by atoms with Crippen molar-refractivity contribution >= 4 is 11.6 Å². The molecule has 6 nitrogen and oxygen atoms in total. The average molecular weight is 294 g/mol. The Labute approximate surface area is 122 Å². The lowest BCUT2D eigenvalue weighted by Crippen LogP contribution is -3.00. The number of aromatic amines is 1. The lowest BCUT2D eigenvalue weighted by Gasteiger charge is -2.16. The first-order valence-electron chi connectivity index (χ1n) is 6.36. The number of pyridine rings is 1. The number of nitrogens with two attached hydrogens (primary N) is 1. The van der Waals surface area contributed by atoms with Gasteiger partial charge in [-0.3, -0.25) is 9.78 Å². The predicted molar refractivity (Wildman–Crippen MR) is 72.2 cm³/mol. The van der Waals surface area contributed by atoms with Gasteiger partial charge in [-0.15, -0.1) is 0 Å². The summed E-state index contributed by atoms with van der Waals surface area (Å²) in [6.07, 6.45) is 6.30. The van der Waals surface area contributed by atoms with Gasteiger partial charge in [0.1, 0.15) is 0 Å². The molecule has 1 aliphatic rings. The van der Waals surface area contributed by atoms with Crippen LogP contribution in [0.4, 0.5) is 11.6 Å². The van der Waals surface area contributed by atoms with Gasteiger partial charge in [0.15, 0.2) is 0 Å². The third-order valence-corrected chi connectivity index (χ3v) is 3.29. The van der Waals surface area contributed by atoms with E-state index in [1.807, 2.05) is 24.5 Å². The predicted octanol–water partition coefficient (Wildman–Crippen LogP) is -2.77. The monoisotopic (exact) mass is 293 g/mol. The van der Waals surface area contributed by atoms with Gasteiger partial charge in [0.25, 0.3) is 5.56 Å². The quantitative estimate of drug-likeness (QED) is 0.588. The van der Waals surface area contributed by atoms with Gasteiger partial charge in [-0.25, -0.2) is 4.57 Å². The Bertz CT molecular complexity index is 634. The number of H-pyrrole nitrogens is 1. The van der Waals surface area contributed by atoms with E-state index in [-0.39, 0.29) is 23.9 Å². The molecule has 2 aromatic heterocycles. The van der Waals surface area contributed by atoms with Crippen molar-refractivity contribution in [3.63, 3.8) is 0 Å². The average Bonchev–Trinajstić information content (AvgIpc) is 2.91. The highest BCUT2D eigenvalue weighted by molar-refractivity contribution is 5.44. The van der Waals surface area contributed by atoms with Gasteiger partial charge in [0, 0.05) is 30.9 Å². The molecule has 106 valence electrons. The van der Waals surface area contributed by atoms with Crippen LogP contribution in [0.2, 0.25) is 0 Å². The van der Waals surface area contributed by atoms with Crippen LogP contribution in [0.3, 0.4) is 0 Å². The van der Waals surface area contributed by atoms with Crippen LogP contribution in [0, 0.1) is 0 Å². The topological polar surface area (TPSA) is 78.9 Å². The summed E-state index contributed by atoms with van der Waals surface area (Å²) in [7, 11) is 0. The van der Waals surface area contributed by atoms with Gasteiger partial charge >= 0.3 is 11.8 Å². The largest absolute Gasteiger partial charge is 1.00 e. The van der Waals surface area contributed by atoms with Crippen molar-refractivity contribution in [2.24, 2.45) is 0 Å². The van der Waals surface area contributed by atoms with Crippen LogP contribution in [0.15, 0.2) is 35.4 Å². The highest BCUT2D eigenvalue weighted by Crippen LogP contribution is 2.18. The number of rotatable bonds is 2. The highest BCUT2D eigenvalue weighted by Gasteiger charge is 2.14. The van der Waals surface area contributed by atoms with E-state index in [0.29, 0.717) is 5.82 Å². The zero-order valence-corrected chi connectivity index (χ0v) is 11.7. The van der Waals surface area contributed by atoms with E-state index in [4.69, 9.17) is 5.73 Å². The Morgan fingerprint density at radius 1 is 1.25 bits per heavy atom. The lowest BCUT2D eigenvalue weighted by molar-refractivity contribution is -0.599. The van der Waals surface area contributed by atoms with E-state index in [2.05, 4.69) is 14.9 Å². The minimum Gasteiger partial charge on any atom is -1.00 e. The molecule has 0 unspecified atom stereocenters. The summed E-state index contributed by atoms with van der Waals surface area (Å²) in [5.41, 5.74) is 6.49. The van der Waals surface area contributed by atoms with Crippen LogP contribution in [0.1, 0.15) is 12.8 Å². The second-order valence-corrected chi connectivity index (χ2v) is 4.65. The van der Waals surface area contributed by atoms with Crippen molar-refractivity contribution in [3.8, 4) is 5.82 Å². The SMILES string of the molecule is Nc1nc(-[n+]2ccc(N3CCCC3)cc2)cc(=O)[nH]1.[Cl-]. The van der Waals surface area contributed by atoms with Crippen LogP contribution < -0.4 is 33.2 Å². The molecule has 1 saturated heterocycles. The molecule has 7 heteroatoms. The lowest BCUT2D eigenvalue weighted by atomic mass is 10.3. The molecule has 0 aliphatic carbocycles. The minimum atomic E-state index is -0.251. The first-order chi connectivity index (χ1) is 9.22. The summed E-state index contributed by atoms with van der Waals surface area (Å²) >= 11 is 0. The number of hydrogen-bond donors (Lipinski definition) is 2. The van der Waals surface area contributed by atoms with Crippen LogP contribution in [0.25, 0.3) is 5.82 Å². The van der Waals surface area contributed by atoms with Crippen LogP contribution >= 0.6 is 0 Å². The molecular weight excluding hydrogens is 278 g/mol. The van der Waals surface area contributed by atoms with E-state index in [1.165, 1.54) is 24.6 Å². The van der Waals surface area contributed by atoms with Crippen LogP contribution in [-0.4, -0.2) is 23.1 Å². The fourth-order valence-corrected chi connectivity index (χ4v) is 2.35. The van der Waals surface area contributed by atoms with Crippen molar-refractivity contribution in [2.45, 2.75) is 12.8 Å². The van der Waals surface area contributed by atoms with Gasteiger partial charge in [-0.05, 0) is 17.8 Å². The van der Waals surface area contributed by atoms with Gasteiger partial charge in [-0.2, -0.15) is 0 Å². The number of aromatic nitrogens is 3. The zero-order chi connectivity index (χ0) is 13.2. The first kappa shape index (κ1) is 14.3. The van der Waals surface area contributed by atoms with Crippen molar-refractivity contribution in [1.82, 2.24) is 9.97 Å². The Balaban J connectivity index is 0.00000147. The van der Waals surface area contributed by atoms with Crippen LogP contribution in [-0.2, 0) is 0 Å². The van der Waals surface area contributed by atoms with E-state index in [9.17, 15) is 4.79 Å². The van der Waals surface area contributed by atoms with Gasteiger partial charge in [0.2, 0.25) is 0 Å². The molecule has 0 radical (unpaired) electrons. The summed E-state index contributed by atoms with van der Waals surface area (Å²) in [5, 5.41) is 0. The summed E-state index contributed by atoms with van der Waals surface area (Å²) in [6, 6.07) is 5.49. The normalized spacial score (nSPS) is 14.1. The van der Waals surface area contributed by atoms with Crippen molar-refractivity contribution < 1.29 is 17.0 Å². The van der Waals surface area contributed by atoms with Gasteiger partial charge in [0.05, 0.1) is 18.5 Å². The summed E-state index contributed by atoms with van der Waals surface area (Å²) in [6.45, 7) is 2.22. The molecule has 0 spiro atoms. The fourth-order valence-electron chi connectivity index (χ4n) is 2.35. The maximum absolute atomic E-state index is 11.4. The molecule has 1 aliphatic heterocycles. The van der Waals surface area contributed by atoms with Gasteiger partial charge < -0.3 is 23.0 Å². The van der Waals surface area contributed by atoms with E-state index in [1.54, 1.807) is 4.57 Å². The molecule has 0 aromatic carbocycles. The molecule has 0 bridgehead atoms. The second kappa shape index (κ2) is 5.92. The highest BCUT2D eigenvalue weighted by atomic mass is 35.5. The zero-order valence-electron chi connectivity index (χ0n) is 10.9. The number of hydrogen-bond acceptors (Lipinski definition) is 4. The Morgan fingerprint density at radius 2 is 1.90 bits per heavy atom. The summed E-state index contributed by atoms with van der Waals surface area (Å²) in [5.74, 6) is 0.646. The fraction of sp³-hybridized carbons (Fsp3) is 0.308. The number of nitrogen functional groups attached to an aromatic ring is 1. The summed E-state index contributed by atoms with van der Waals surface area (Å²) < 4.78 is 1.78.